The first-order valence-electron chi connectivity index (χ1n) is 6.03. The van der Waals surface area contributed by atoms with Crippen LogP contribution in [0.1, 0.15) is 24.7 Å². The van der Waals surface area contributed by atoms with E-state index in [-0.39, 0.29) is 0 Å². The van der Waals surface area contributed by atoms with E-state index in [1.54, 1.807) is 0 Å². The molecular formula is C13H16N4. The third-order valence-corrected chi connectivity index (χ3v) is 3.40. The summed E-state index contributed by atoms with van der Waals surface area (Å²) in [4.78, 5) is 0. The summed E-state index contributed by atoms with van der Waals surface area (Å²) in [5.74, 6) is 0.721. The third kappa shape index (κ3) is 1.79. The zero-order valence-electron chi connectivity index (χ0n) is 9.93. The van der Waals surface area contributed by atoms with Crippen molar-refractivity contribution in [3.63, 3.8) is 0 Å². The van der Waals surface area contributed by atoms with Gasteiger partial charge in [-0.2, -0.15) is 0 Å². The molecule has 0 amide bonds. The molecule has 0 bridgehead atoms. The van der Waals surface area contributed by atoms with Crippen molar-refractivity contribution in [2.24, 2.45) is 5.92 Å². The number of nitrogens with two attached hydrogens (primary N) is 1. The van der Waals surface area contributed by atoms with Gasteiger partial charge in [-0.1, -0.05) is 12.1 Å². The summed E-state index contributed by atoms with van der Waals surface area (Å²) < 4.78 is 1.95. The normalized spacial score (nSPS) is 19.0. The summed E-state index contributed by atoms with van der Waals surface area (Å²) in [6.07, 6.45) is 3.33. The number of nitrogens with zero attached hydrogens (tertiary/aromatic N) is 3. The van der Waals surface area contributed by atoms with Crippen molar-refractivity contribution >= 4 is 5.69 Å². The molecule has 2 aromatic rings. The number of anilines is 1. The van der Waals surface area contributed by atoms with Crippen molar-refractivity contribution in [3.8, 4) is 5.69 Å². The van der Waals surface area contributed by atoms with Gasteiger partial charge in [-0.15, -0.1) is 5.10 Å². The molecule has 0 saturated carbocycles. The summed E-state index contributed by atoms with van der Waals surface area (Å²) >= 11 is 0. The maximum absolute atomic E-state index is 5.69. The van der Waals surface area contributed by atoms with Crippen LogP contribution in [-0.4, -0.2) is 15.0 Å². The molecule has 4 heteroatoms. The number of hydrogen-bond acceptors (Lipinski definition) is 3. The number of nitrogen functional groups attached to an aromatic ring is 1. The molecule has 0 spiro atoms. The lowest BCUT2D eigenvalue weighted by Gasteiger charge is -2.17. The van der Waals surface area contributed by atoms with E-state index in [0.29, 0.717) is 0 Å². The lowest BCUT2D eigenvalue weighted by atomic mass is 9.91. The van der Waals surface area contributed by atoms with Gasteiger partial charge >= 0.3 is 0 Å². The Labute approximate surface area is 100 Å². The van der Waals surface area contributed by atoms with Crippen LogP contribution in [0, 0.1) is 5.92 Å². The maximum atomic E-state index is 5.69. The van der Waals surface area contributed by atoms with Crippen LogP contribution < -0.4 is 5.73 Å². The maximum Gasteiger partial charge on any atom is 0.0866 e. The number of rotatable bonds is 1. The topological polar surface area (TPSA) is 56.7 Å². The van der Waals surface area contributed by atoms with Crippen molar-refractivity contribution < 1.29 is 0 Å². The highest BCUT2D eigenvalue weighted by molar-refractivity contribution is 5.45. The van der Waals surface area contributed by atoms with Gasteiger partial charge in [0.1, 0.15) is 0 Å². The van der Waals surface area contributed by atoms with Gasteiger partial charge in [0.2, 0.25) is 0 Å². The van der Waals surface area contributed by atoms with Crippen LogP contribution in [0.4, 0.5) is 5.69 Å². The first-order chi connectivity index (χ1) is 8.24. The fraction of sp³-hybridized carbons (Fsp3) is 0.385. The van der Waals surface area contributed by atoms with Gasteiger partial charge in [-0.3, -0.25) is 0 Å². The average Bonchev–Trinajstić information content (AvgIpc) is 2.73. The van der Waals surface area contributed by atoms with Crippen LogP contribution in [-0.2, 0) is 12.8 Å². The molecule has 4 nitrogen and oxygen atoms in total. The molecular weight excluding hydrogens is 212 g/mol. The highest BCUT2D eigenvalue weighted by atomic mass is 15.4. The molecule has 1 aromatic heterocycles. The van der Waals surface area contributed by atoms with Gasteiger partial charge in [0.25, 0.3) is 0 Å². The van der Waals surface area contributed by atoms with Gasteiger partial charge < -0.3 is 5.73 Å². The molecule has 1 aliphatic rings. The molecule has 0 fully saturated rings. The molecule has 1 unspecified atom stereocenters. The largest absolute Gasteiger partial charge is 0.399 e. The lowest BCUT2D eigenvalue weighted by molar-refractivity contribution is 0.488. The molecule has 0 radical (unpaired) electrons. The molecule has 88 valence electrons. The number of fused-ring (bicyclic) bond motifs is 1. The Morgan fingerprint density at radius 1 is 1.29 bits per heavy atom. The molecule has 1 heterocycles. The van der Waals surface area contributed by atoms with Crippen molar-refractivity contribution in [1.82, 2.24) is 15.0 Å². The second-order valence-corrected chi connectivity index (χ2v) is 4.83. The average molecular weight is 228 g/mol. The quantitative estimate of drug-likeness (QED) is 0.759. The Morgan fingerprint density at radius 2 is 2.06 bits per heavy atom. The minimum Gasteiger partial charge on any atom is -0.399 e. The molecule has 17 heavy (non-hydrogen) atoms. The van der Waals surface area contributed by atoms with Crippen LogP contribution in [0.25, 0.3) is 5.69 Å². The van der Waals surface area contributed by atoms with Gasteiger partial charge in [0.15, 0.2) is 0 Å². The highest BCUT2D eigenvalue weighted by Gasteiger charge is 2.21. The number of benzene rings is 1. The minimum absolute atomic E-state index is 0.721. The molecule has 1 aromatic carbocycles. The van der Waals surface area contributed by atoms with Crippen molar-refractivity contribution in [1.29, 1.82) is 0 Å². The Morgan fingerprint density at radius 3 is 2.82 bits per heavy atom. The summed E-state index contributed by atoms with van der Waals surface area (Å²) in [5, 5.41) is 8.55. The lowest BCUT2D eigenvalue weighted by Crippen LogP contribution is -2.13. The first kappa shape index (κ1) is 10.3. The fourth-order valence-corrected chi connectivity index (χ4v) is 2.38. The van der Waals surface area contributed by atoms with Crippen LogP contribution in [0.15, 0.2) is 24.3 Å². The van der Waals surface area contributed by atoms with E-state index < -0.39 is 0 Å². The smallest absolute Gasteiger partial charge is 0.0866 e. The third-order valence-electron chi connectivity index (χ3n) is 3.40. The number of hydrogen-bond donors (Lipinski definition) is 1. The van der Waals surface area contributed by atoms with Gasteiger partial charge in [0.05, 0.1) is 17.1 Å². The second kappa shape index (κ2) is 3.87. The minimum atomic E-state index is 0.721. The SMILES string of the molecule is CC1CCc2c(nnn2-c2ccc(N)cc2)C1. The molecule has 0 aliphatic heterocycles. The van der Waals surface area contributed by atoms with E-state index in [9.17, 15) is 0 Å². The van der Waals surface area contributed by atoms with Crippen molar-refractivity contribution in [2.45, 2.75) is 26.2 Å². The zero-order chi connectivity index (χ0) is 11.8. The van der Waals surface area contributed by atoms with Crippen LogP contribution in [0.2, 0.25) is 0 Å². The predicted octanol–water partition coefficient (Wildman–Crippen LogP) is 1.97. The highest BCUT2D eigenvalue weighted by Crippen LogP contribution is 2.25. The Kier molecular flexibility index (Phi) is 2.35. The first-order valence-corrected chi connectivity index (χ1v) is 6.03. The standard InChI is InChI=1S/C13H16N4/c1-9-2-7-13-12(8-9)15-16-17(13)11-5-3-10(14)4-6-11/h3-6,9H,2,7-8,14H2,1H3. The van der Waals surface area contributed by atoms with E-state index in [0.717, 1.165) is 35.8 Å². The van der Waals surface area contributed by atoms with E-state index in [1.165, 1.54) is 12.1 Å². The summed E-state index contributed by atoms with van der Waals surface area (Å²) in [6.45, 7) is 2.27. The monoisotopic (exact) mass is 228 g/mol. The van der Waals surface area contributed by atoms with Gasteiger partial charge in [-0.05, 0) is 49.4 Å². The van der Waals surface area contributed by atoms with E-state index in [1.807, 2.05) is 28.9 Å². The van der Waals surface area contributed by atoms with E-state index in [4.69, 9.17) is 5.73 Å². The zero-order valence-corrected chi connectivity index (χ0v) is 9.93. The Bertz CT molecular complexity index is 527. The molecule has 1 atom stereocenters. The Balaban J connectivity index is 2.02. The van der Waals surface area contributed by atoms with Crippen molar-refractivity contribution in [3.05, 3.63) is 35.7 Å². The van der Waals surface area contributed by atoms with E-state index in [2.05, 4.69) is 17.2 Å². The molecule has 1 aliphatic carbocycles. The van der Waals surface area contributed by atoms with Crippen LogP contribution in [0.3, 0.4) is 0 Å². The van der Waals surface area contributed by atoms with Crippen LogP contribution >= 0.6 is 0 Å². The summed E-state index contributed by atoms with van der Waals surface area (Å²) in [7, 11) is 0. The van der Waals surface area contributed by atoms with Gasteiger partial charge in [0, 0.05) is 5.69 Å². The second-order valence-electron chi connectivity index (χ2n) is 4.83. The van der Waals surface area contributed by atoms with Gasteiger partial charge in [-0.25, -0.2) is 4.68 Å². The molecule has 2 N–H and O–H groups in total. The molecule has 3 rings (SSSR count). The molecule has 0 saturated heterocycles. The van der Waals surface area contributed by atoms with Crippen molar-refractivity contribution in [2.75, 3.05) is 5.73 Å². The van der Waals surface area contributed by atoms with E-state index >= 15 is 0 Å². The summed E-state index contributed by atoms with van der Waals surface area (Å²) in [6, 6.07) is 7.77. The predicted molar refractivity (Wildman–Crippen MR) is 67.0 cm³/mol. The Hall–Kier alpha value is -1.84. The fourth-order valence-electron chi connectivity index (χ4n) is 2.38. The summed E-state index contributed by atoms with van der Waals surface area (Å²) in [5.41, 5.74) is 9.92. The number of aromatic nitrogens is 3. The van der Waals surface area contributed by atoms with Crippen LogP contribution in [0.5, 0.6) is 0 Å².